The van der Waals surface area contributed by atoms with Crippen molar-refractivity contribution in [3.8, 4) is 0 Å². The van der Waals surface area contributed by atoms with Crippen LogP contribution in [0.25, 0.3) is 0 Å². The maximum atomic E-state index is 11.0. The number of carbonyl (C=O) groups excluding carboxylic acids is 1. The fourth-order valence-corrected chi connectivity index (χ4v) is 0.690. The first-order valence-corrected chi connectivity index (χ1v) is 3.78. The van der Waals surface area contributed by atoms with Crippen LogP contribution in [0, 0.1) is 0 Å². The van der Waals surface area contributed by atoms with E-state index in [1.54, 1.807) is 0 Å². The van der Waals surface area contributed by atoms with Crippen molar-refractivity contribution >= 4 is 11.9 Å². The van der Waals surface area contributed by atoms with E-state index in [1.807, 2.05) is 0 Å². The van der Waals surface area contributed by atoms with E-state index in [2.05, 4.69) is 6.58 Å². The molecule has 0 radical (unpaired) electrons. The zero-order valence-corrected chi connectivity index (χ0v) is 6.99. The van der Waals surface area contributed by atoms with Crippen LogP contribution in [0.1, 0.15) is 13.8 Å². The summed E-state index contributed by atoms with van der Waals surface area (Å²) < 4.78 is 9.50. The molecule has 1 saturated heterocycles. The van der Waals surface area contributed by atoms with Gasteiger partial charge in [0.05, 0.1) is 13.0 Å². The fraction of sp³-hybridized carbons (Fsp3) is 0.556. The first-order valence-electron chi connectivity index (χ1n) is 3.78. The topological polar surface area (TPSA) is 76.1 Å². The predicted octanol–water partition coefficient (Wildman–Crippen LogP) is 0.595. The Morgan fingerprint density at radius 2 is 2.14 bits per heavy atom. The molecule has 5 heteroatoms. The number of hydrogen-bond donors (Lipinski definition) is 1. The van der Waals surface area contributed by atoms with Crippen molar-refractivity contribution in [2.24, 2.45) is 0 Å². The summed E-state index contributed by atoms with van der Waals surface area (Å²) in [5.41, 5.74) is -0.0480. The van der Waals surface area contributed by atoms with Gasteiger partial charge in [0.1, 0.15) is 12.7 Å². The van der Waals surface area contributed by atoms with Gasteiger partial charge in [-0.05, 0) is 0 Å². The van der Waals surface area contributed by atoms with Gasteiger partial charge in [-0.3, -0.25) is 4.79 Å². The van der Waals surface area contributed by atoms with Crippen molar-refractivity contribution in [1.82, 2.24) is 0 Å². The van der Waals surface area contributed by atoms with E-state index in [9.17, 15) is 9.59 Å². The Kier molecular flexibility index (Phi) is 4.86. The molecule has 0 saturated carbocycles. The third-order valence-electron chi connectivity index (χ3n) is 1.46. The lowest BCUT2D eigenvalue weighted by Crippen LogP contribution is -2.13. The molecule has 1 aliphatic heterocycles. The molecule has 1 unspecified atom stereocenters. The van der Waals surface area contributed by atoms with Crippen molar-refractivity contribution < 1.29 is 24.2 Å². The molecule has 1 rings (SSSR count). The lowest BCUT2D eigenvalue weighted by atomic mass is 10.2. The molecular formula is C9H14O5. The van der Waals surface area contributed by atoms with Crippen molar-refractivity contribution in [3.63, 3.8) is 0 Å². The Labute approximate surface area is 82.3 Å². The first-order chi connectivity index (χ1) is 6.09. The minimum atomic E-state index is -1.09. The summed E-state index contributed by atoms with van der Waals surface area (Å²) in [6.45, 7) is 4.07. The van der Waals surface area contributed by atoms with E-state index in [0.717, 1.165) is 0 Å². The van der Waals surface area contributed by atoms with Gasteiger partial charge in [-0.15, -0.1) is 0 Å². The molecule has 0 bridgehead atoms. The Hall–Kier alpha value is -1.36. The Bertz CT molecular complexity index is 242. The van der Waals surface area contributed by atoms with Gasteiger partial charge in [0.15, 0.2) is 0 Å². The number of esters is 1. The second-order valence-corrected chi connectivity index (χ2v) is 2.73. The average molecular weight is 202 g/mol. The molecule has 1 N–H and O–H groups in total. The van der Waals surface area contributed by atoms with Crippen LogP contribution in [-0.2, 0) is 19.1 Å². The van der Waals surface area contributed by atoms with Gasteiger partial charge >= 0.3 is 11.9 Å². The lowest BCUT2D eigenvalue weighted by molar-refractivity contribution is -0.143. The lowest BCUT2D eigenvalue weighted by Gasteiger charge is -2.02. The van der Waals surface area contributed by atoms with Gasteiger partial charge in [0.25, 0.3) is 0 Å². The van der Waals surface area contributed by atoms with Crippen LogP contribution < -0.4 is 0 Å². The SMILES string of the molecule is C.C=C(CC(=O)O)C(=O)OCC1CO1. The molecular weight excluding hydrogens is 188 g/mol. The maximum Gasteiger partial charge on any atom is 0.334 e. The Morgan fingerprint density at radius 1 is 1.57 bits per heavy atom. The van der Waals surface area contributed by atoms with Crippen molar-refractivity contribution in [3.05, 3.63) is 12.2 Å². The molecule has 1 aliphatic rings. The zero-order valence-electron chi connectivity index (χ0n) is 6.99. The molecule has 80 valence electrons. The van der Waals surface area contributed by atoms with Gasteiger partial charge in [-0.25, -0.2) is 4.79 Å². The van der Waals surface area contributed by atoms with Crippen molar-refractivity contribution in [1.29, 1.82) is 0 Å². The van der Waals surface area contributed by atoms with Crippen LogP contribution in [0.4, 0.5) is 0 Å². The third-order valence-corrected chi connectivity index (χ3v) is 1.46. The number of ether oxygens (including phenoxy) is 2. The molecule has 0 amide bonds. The van der Waals surface area contributed by atoms with E-state index in [1.165, 1.54) is 0 Å². The van der Waals surface area contributed by atoms with E-state index in [0.29, 0.717) is 6.61 Å². The third kappa shape index (κ3) is 4.61. The van der Waals surface area contributed by atoms with Crippen molar-refractivity contribution in [2.45, 2.75) is 20.0 Å². The minimum absolute atomic E-state index is 0. The van der Waals surface area contributed by atoms with Crippen LogP contribution in [-0.4, -0.2) is 36.4 Å². The molecule has 0 aromatic carbocycles. The van der Waals surface area contributed by atoms with Gasteiger partial charge < -0.3 is 14.6 Å². The molecule has 0 aromatic rings. The summed E-state index contributed by atoms with van der Waals surface area (Å²) in [7, 11) is 0. The summed E-state index contributed by atoms with van der Waals surface area (Å²) in [5.74, 6) is -1.76. The van der Waals surface area contributed by atoms with Gasteiger partial charge in [0, 0.05) is 5.57 Å². The Balaban J connectivity index is 0.00000169. The van der Waals surface area contributed by atoms with Gasteiger partial charge in [-0.2, -0.15) is 0 Å². The molecule has 0 spiro atoms. The van der Waals surface area contributed by atoms with Crippen LogP contribution in [0.2, 0.25) is 0 Å². The fourth-order valence-electron chi connectivity index (χ4n) is 0.690. The normalized spacial score (nSPS) is 17.9. The quantitative estimate of drug-likeness (QED) is 0.401. The average Bonchev–Trinajstić information content (AvgIpc) is 2.81. The largest absolute Gasteiger partial charge is 0.481 e. The summed E-state index contributed by atoms with van der Waals surface area (Å²) in [6, 6.07) is 0. The monoisotopic (exact) mass is 202 g/mol. The number of carboxylic acids is 1. The number of epoxide rings is 1. The number of carbonyl (C=O) groups is 2. The highest BCUT2D eigenvalue weighted by atomic mass is 16.6. The molecule has 0 aromatic heterocycles. The number of aliphatic carboxylic acids is 1. The molecule has 1 fully saturated rings. The first kappa shape index (κ1) is 12.6. The number of rotatable bonds is 5. The number of hydrogen-bond acceptors (Lipinski definition) is 4. The number of carboxylic acid groups (broad SMARTS) is 1. The highest BCUT2D eigenvalue weighted by Gasteiger charge is 2.24. The summed E-state index contributed by atoms with van der Waals surface area (Å²) >= 11 is 0. The zero-order chi connectivity index (χ0) is 9.84. The molecule has 1 atom stereocenters. The molecule has 14 heavy (non-hydrogen) atoms. The summed E-state index contributed by atoms with van der Waals surface area (Å²) in [5, 5.41) is 8.33. The van der Waals surface area contributed by atoms with Crippen LogP contribution in [0.5, 0.6) is 0 Å². The second-order valence-electron chi connectivity index (χ2n) is 2.73. The minimum Gasteiger partial charge on any atom is -0.481 e. The standard InChI is InChI=1S/C8H10O5.CH4/c1-5(2-7(9)10)8(11)13-4-6-3-12-6;/h6H,1-4H2,(H,9,10);1H4. The van der Waals surface area contributed by atoms with Gasteiger partial charge in [-0.1, -0.05) is 14.0 Å². The summed E-state index contributed by atoms with van der Waals surface area (Å²) in [4.78, 5) is 21.1. The predicted molar refractivity (Wildman–Crippen MR) is 48.8 cm³/mol. The molecule has 1 heterocycles. The molecule has 0 aliphatic carbocycles. The second kappa shape index (κ2) is 5.39. The van der Waals surface area contributed by atoms with Crippen LogP contribution in [0.3, 0.4) is 0 Å². The smallest absolute Gasteiger partial charge is 0.334 e. The van der Waals surface area contributed by atoms with Gasteiger partial charge in [0.2, 0.25) is 0 Å². The highest BCUT2D eigenvalue weighted by Crippen LogP contribution is 2.10. The highest BCUT2D eigenvalue weighted by molar-refractivity contribution is 5.92. The van der Waals surface area contributed by atoms with Crippen LogP contribution in [0.15, 0.2) is 12.2 Å². The van der Waals surface area contributed by atoms with Crippen molar-refractivity contribution in [2.75, 3.05) is 13.2 Å². The van der Waals surface area contributed by atoms with E-state index in [4.69, 9.17) is 14.6 Å². The van der Waals surface area contributed by atoms with Crippen LogP contribution >= 0.6 is 0 Å². The summed E-state index contributed by atoms with van der Waals surface area (Å²) in [6.07, 6.45) is -0.397. The van der Waals surface area contributed by atoms with E-state index >= 15 is 0 Å². The van der Waals surface area contributed by atoms with E-state index < -0.39 is 11.9 Å². The van der Waals surface area contributed by atoms with E-state index in [-0.39, 0.29) is 32.1 Å². The molecule has 5 nitrogen and oxygen atoms in total. The maximum absolute atomic E-state index is 11.0. The Morgan fingerprint density at radius 3 is 2.57 bits per heavy atom.